The van der Waals surface area contributed by atoms with Gasteiger partial charge in [-0.05, 0) is 17.7 Å². The van der Waals surface area contributed by atoms with Crippen LogP contribution in [0, 0.1) is 16.0 Å². The van der Waals surface area contributed by atoms with Gasteiger partial charge in [-0.25, -0.2) is 0 Å². The average Bonchev–Trinajstić information content (AvgIpc) is 2.15. The Labute approximate surface area is 107 Å². The topological polar surface area (TPSA) is 43.1 Å². The molecule has 0 aromatic heterocycles. The van der Waals surface area contributed by atoms with Crippen molar-refractivity contribution in [3.05, 3.63) is 49.1 Å². The molecule has 0 aliphatic heterocycles. The van der Waals surface area contributed by atoms with Crippen LogP contribution < -0.4 is 0 Å². The van der Waals surface area contributed by atoms with E-state index in [9.17, 15) is 10.1 Å². The van der Waals surface area contributed by atoms with Crippen molar-refractivity contribution < 1.29 is 4.92 Å². The summed E-state index contributed by atoms with van der Waals surface area (Å²) in [5.41, 5.74) is 0.938. The van der Waals surface area contributed by atoms with Crippen LogP contribution in [0.15, 0.2) is 28.4 Å². The maximum atomic E-state index is 10.8. The molecule has 0 aliphatic rings. The third kappa shape index (κ3) is 3.32. The zero-order chi connectivity index (χ0) is 12.3. The highest BCUT2D eigenvalue weighted by atomic mass is 79.9. The summed E-state index contributed by atoms with van der Waals surface area (Å²) in [6.07, 6.45) is 1.56. The molecule has 5 heteroatoms. The summed E-state index contributed by atoms with van der Waals surface area (Å²) in [5.74, 6) is -0.127. The molecular weight excluding hydrogens is 293 g/mol. The Bertz CT molecular complexity index is 444. The second-order valence-corrected chi connectivity index (χ2v) is 4.94. The maximum absolute atomic E-state index is 10.8. The molecule has 16 heavy (non-hydrogen) atoms. The first-order chi connectivity index (χ1) is 7.41. The number of hydrogen-bond acceptors (Lipinski definition) is 2. The van der Waals surface area contributed by atoms with E-state index < -0.39 is 0 Å². The molecule has 0 amide bonds. The fraction of sp³-hybridized carbons (Fsp3) is 0.273. The smallest absolute Gasteiger partial charge is 0.249 e. The molecule has 0 fully saturated rings. The Morgan fingerprint density at radius 2 is 2.19 bits per heavy atom. The number of hydrogen-bond donors (Lipinski definition) is 0. The van der Waals surface area contributed by atoms with Crippen molar-refractivity contribution in [3.63, 3.8) is 0 Å². The fourth-order valence-corrected chi connectivity index (χ4v) is 2.01. The summed E-state index contributed by atoms with van der Waals surface area (Å²) in [6, 6.07) is 5.17. The second-order valence-electron chi connectivity index (χ2n) is 3.65. The molecule has 1 rings (SSSR count). The highest BCUT2D eigenvalue weighted by molar-refractivity contribution is 9.10. The zero-order valence-electron chi connectivity index (χ0n) is 8.91. The first kappa shape index (κ1) is 13.2. The van der Waals surface area contributed by atoms with Crippen molar-refractivity contribution in [1.82, 2.24) is 0 Å². The summed E-state index contributed by atoms with van der Waals surface area (Å²) in [7, 11) is 0. The van der Waals surface area contributed by atoms with Crippen LogP contribution in [0.3, 0.4) is 0 Å². The summed E-state index contributed by atoms with van der Waals surface area (Å²) >= 11 is 9.12. The van der Waals surface area contributed by atoms with Crippen LogP contribution in [-0.2, 0) is 0 Å². The van der Waals surface area contributed by atoms with Gasteiger partial charge < -0.3 is 0 Å². The molecule has 0 radical (unpaired) electrons. The minimum absolute atomic E-state index is 0.127. The Kier molecular flexibility index (Phi) is 4.50. The molecule has 0 saturated heterocycles. The lowest BCUT2D eigenvalue weighted by molar-refractivity contribution is -0.431. The first-order valence-corrected chi connectivity index (χ1v) is 5.90. The lowest BCUT2D eigenvalue weighted by atomic mass is 10.1. The van der Waals surface area contributed by atoms with Crippen LogP contribution in [-0.4, -0.2) is 4.92 Å². The van der Waals surface area contributed by atoms with Crippen molar-refractivity contribution in [2.24, 2.45) is 5.92 Å². The van der Waals surface area contributed by atoms with Gasteiger partial charge in [-0.15, -0.1) is 0 Å². The van der Waals surface area contributed by atoms with Crippen LogP contribution in [0.5, 0.6) is 0 Å². The summed E-state index contributed by atoms with van der Waals surface area (Å²) in [5, 5.41) is 11.4. The van der Waals surface area contributed by atoms with Gasteiger partial charge in [0.1, 0.15) is 0 Å². The van der Waals surface area contributed by atoms with Gasteiger partial charge in [-0.2, -0.15) is 0 Å². The molecule has 0 heterocycles. The van der Waals surface area contributed by atoms with E-state index in [-0.39, 0.29) is 16.5 Å². The van der Waals surface area contributed by atoms with Gasteiger partial charge in [0, 0.05) is 21.5 Å². The molecule has 3 nitrogen and oxygen atoms in total. The Morgan fingerprint density at radius 3 is 2.62 bits per heavy atom. The molecule has 0 saturated carbocycles. The number of benzene rings is 1. The molecule has 0 atom stereocenters. The third-order valence-electron chi connectivity index (χ3n) is 2.07. The zero-order valence-corrected chi connectivity index (χ0v) is 11.2. The van der Waals surface area contributed by atoms with E-state index in [1.54, 1.807) is 38.1 Å². The number of nitro groups is 1. The van der Waals surface area contributed by atoms with Crippen LogP contribution >= 0.6 is 27.5 Å². The maximum Gasteiger partial charge on any atom is 0.249 e. The largest absolute Gasteiger partial charge is 0.259 e. The standard InChI is InChI=1S/C11H11BrClNO2/c1-7(2)11(14(15)16)5-8-3-4-9(13)6-10(8)12/h3-7H,1-2H3/b11-5-. The number of halogens is 2. The molecule has 0 spiro atoms. The highest BCUT2D eigenvalue weighted by Gasteiger charge is 2.16. The number of rotatable bonds is 3. The Balaban J connectivity index is 3.18. The fourth-order valence-electron chi connectivity index (χ4n) is 1.21. The minimum Gasteiger partial charge on any atom is -0.259 e. The van der Waals surface area contributed by atoms with Gasteiger partial charge in [0.2, 0.25) is 5.70 Å². The summed E-state index contributed by atoms with van der Waals surface area (Å²) in [6.45, 7) is 3.58. The SMILES string of the molecule is CC(C)/C(=C/c1ccc(Cl)cc1Br)[N+](=O)[O-]. The number of nitrogens with zero attached hydrogens (tertiary/aromatic N) is 1. The van der Waals surface area contributed by atoms with Crippen molar-refractivity contribution in [1.29, 1.82) is 0 Å². The molecule has 0 aliphatic carbocycles. The second kappa shape index (κ2) is 5.46. The van der Waals surface area contributed by atoms with Crippen molar-refractivity contribution in [2.75, 3.05) is 0 Å². The van der Waals surface area contributed by atoms with Gasteiger partial charge in [0.15, 0.2) is 0 Å². The monoisotopic (exact) mass is 303 g/mol. The Hall–Kier alpha value is -0.870. The molecule has 0 N–H and O–H groups in total. The van der Waals surface area contributed by atoms with Crippen LogP contribution in [0.25, 0.3) is 6.08 Å². The van der Waals surface area contributed by atoms with E-state index >= 15 is 0 Å². The van der Waals surface area contributed by atoms with E-state index in [0.717, 1.165) is 10.0 Å². The van der Waals surface area contributed by atoms with Crippen LogP contribution in [0.1, 0.15) is 19.4 Å². The highest BCUT2D eigenvalue weighted by Crippen LogP contribution is 2.25. The molecular formula is C11H11BrClNO2. The van der Waals surface area contributed by atoms with Crippen LogP contribution in [0.4, 0.5) is 0 Å². The molecule has 1 aromatic rings. The van der Waals surface area contributed by atoms with Gasteiger partial charge in [0.05, 0.1) is 4.92 Å². The first-order valence-electron chi connectivity index (χ1n) is 4.73. The lowest BCUT2D eigenvalue weighted by Crippen LogP contribution is -2.05. The van der Waals surface area contributed by atoms with Gasteiger partial charge in [0.25, 0.3) is 0 Å². The predicted molar refractivity (Wildman–Crippen MR) is 69.0 cm³/mol. The van der Waals surface area contributed by atoms with Gasteiger partial charge in [-0.3, -0.25) is 10.1 Å². The normalized spacial score (nSPS) is 11.9. The Morgan fingerprint density at radius 1 is 1.56 bits per heavy atom. The summed E-state index contributed by atoms with van der Waals surface area (Å²) < 4.78 is 0.750. The minimum atomic E-state index is -0.355. The quantitative estimate of drug-likeness (QED) is 0.614. The van der Waals surface area contributed by atoms with Crippen LogP contribution in [0.2, 0.25) is 5.02 Å². The average molecular weight is 305 g/mol. The molecule has 1 aromatic carbocycles. The predicted octanol–water partition coefficient (Wildman–Crippen LogP) is 4.38. The van der Waals surface area contributed by atoms with Crippen molar-refractivity contribution in [3.8, 4) is 0 Å². The van der Waals surface area contributed by atoms with Gasteiger partial charge >= 0.3 is 0 Å². The third-order valence-corrected chi connectivity index (χ3v) is 2.99. The van der Waals surface area contributed by atoms with E-state index in [1.165, 1.54) is 0 Å². The van der Waals surface area contributed by atoms with Crippen molar-refractivity contribution >= 4 is 33.6 Å². The molecule has 0 unspecified atom stereocenters. The molecule has 0 bridgehead atoms. The van der Waals surface area contributed by atoms with Crippen molar-refractivity contribution in [2.45, 2.75) is 13.8 Å². The van der Waals surface area contributed by atoms with E-state index in [1.807, 2.05) is 0 Å². The van der Waals surface area contributed by atoms with E-state index in [0.29, 0.717) is 5.02 Å². The summed E-state index contributed by atoms with van der Waals surface area (Å²) in [4.78, 5) is 10.5. The molecule has 86 valence electrons. The van der Waals surface area contributed by atoms with Gasteiger partial charge in [-0.1, -0.05) is 47.4 Å². The van der Waals surface area contributed by atoms with E-state index in [4.69, 9.17) is 11.6 Å². The van der Waals surface area contributed by atoms with E-state index in [2.05, 4.69) is 15.9 Å². The lowest BCUT2D eigenvalue weighted by Gasteiger charge is -2.03. The number of allylic oxidation sites excluding steroid dienone is 1.